The van der Waals surface area contributed by atoms with Crippen LogP contribution in [0.1, 0.15) is 25.6 Å². The van der Waals surface area contributed by atoms with E-state index in [2.05, 4.69) is 34.2 Å². The molecule has 0 aliphatic rings. The van der Waals surface area contributed by atoms with Gasteiger partial charge >= 0.3 is 0 Å². The van der Waals surface area contributed by atoms with E-state index < -0.39 is 0 Å². The van der Waals surface area contributed by atoms with Crippen LogP contribution >= 0.6 is 0 Å². The Morgan fingerprint density at radius 3 is 2.72 bits per heavy atom. The Balaban J connectivity index is 2.19. The third kappa shape index (κ3) is 2.77. The number of methoxy groups -OCH3 is 1. The summed E-state index contributed by atoms with van der Waals surface area (Å²) in [7, 11) is 1.59. The maximum absolute atomic E-state index is 5.10. The summed E-state index contributed by atoms with van der Waals surface area (Å²) in [6, 6.07) is 2.11. The van der Waals surface area contributed by atoms with Crippen LogP contribution in [0.4, 0.5) is 11.6 Å². The second-order valence-corrected chi connectivity index (χ2v) is 4.30. The summed E-state index contributed by atoms with van der Waals surface area (Å²) in [4.78, 5) is 8.51. The molecule has 0 spiro atoms. The molecule has 0 amide bonds. The Hall–Kier alpha value is -2.11. The van der Waals surface area contributed by atoms with Crippen molar-refractivity contribution in [3.05, 3.63) is 24.2 Å². The Morgan fingerprint density at radius 2 is 2.11 bits per heavy atom. The maximum atomic E-state index is 5.10. The third-order valence-electron chi connectivity index (χ3n) is 2.43. The van der Waals surface area contributed by atoms with Crippen LogP contribution in [0.15, 0.2) is 18.5 Å². The number of nitrogens with one attached hydrogen (secondary N) is 1. The van der Waals surface area contributed by atoms with Gasteiger partial charge in [0.05, 0.1) is 19.0 Å². The highest BCUT2D eigenvalue weighted by molar-refractivity contribution is 5.51. The molecule has 0 atom stereocenters. The fourth-order valence-electron chi connectivity index (χ4n) is 1.51. The van der Waals surface area contributed by atoms with Crippen molar-refractivity contribution in [2.45, 2.75) is 26.8 Å². The van der Waals surface area contributed by atoms with E-state index in [-0.39, 0.29) is 0 Å². The van der Waals surface area contributed by atoms with Gasteiger partial charge in [-0.25, -0.2) is 4.98 Å². The van der Waals surface area contributed by atoms with Crippen molar-refractivity contribution in [1.29, 1.82) is 0 Å². The highest BCUT2D eigenvalue weighted by atomic mass is 16.5. The fourth-order valence-corrected chi connectivity index (χ4v) is 1.51. The van der Waals surface area contributed by atoms with Gasteiger partial charge in [-0.05, 0) is 20.8 Å². The van der Waals surface area contributed by atoms with E-state index >= 15 is 0 Å². The van der Waals surface area contributed by atoms with E-state index in [0.717, 1.165) is 11.4 Å². The van der Waals surface area contributed by atoms with Gasteiger partial charge in [0.2, 0.25) is 11.8 Å². The van der Waals surface area contributed by atoms with E-state index in [9.17, 15) is 0 Å². The highest BCUT2D eigenvalue weighted by Gasteiger charge is 2.05. The summed E-state index contributed by atoms with van der Waals surface area (Å²) in [5, 5.41) is 7.35. The predicted octanol–water partition coefficient (Wildman–Crippen LogP) is 2.31. The standard InChI is InChI=1S/C12H17N5O/c1-8(2)17-7-10(6-13-17)15-12-14-9(3)5-11(16-12)18-4/h5-8H,1-4H3,(H,14,15,16). The van der Waals surface area contributed by atoms with Crippen molar-refractivity contribution in [3.63, 3.8) is 0 Å². The molecule has 0 radical (unpaired) electrons. The van der Waals surface area contributed by atoms with Gasteiger partial charge in [-0.3, -0.25) is 4.68 Å². The van der Waals surface area contributed by atoms with E-state index in [1.54, 1.807) is 19.4 Å². The first kappa shape index (κ1) is 12.3. The van der Waals surface area contributed by atoms with Crippen LogP contribution in [-0.4, -0.2) is 26.9 Å². The number of aryl methyl sites for hydroxylation is 1. The van der Waals surface area contributed by atoms with Crippen LogP contribution in [0.5, 0.6) is 5.88 Å². The van der Waals surface area contributed by atoms with E-state index in [1.165, 1.54) is 0 Å². The van der Waals surface area contributed by atoms with Crippen molar-refractivity contribution < 1.29 is 4.74 Å². The van der Waals surface area contributed by atoms with E-state index in [0.29, 0.717) is 17.9 Å². The smallest absolute Gasteiger partial charge is 0.230 e. The lowest BCUT2D eigenvalue weighted by Crippen LogP contribution is -2.01. The number of hydrogen-bond donors (Lipinski definition) is 1. The zero-order valence-corrected chi connectivity index (χ0v) is 11.0. The summed E-state index contributed by atoms with van der Waals surface area (Å²) in [6.07, 6.45) is 3.67. The molecule has 1 N–H and O–H groups in total. The van der Waals surface area contributed by atoms with Gasteiger partial charge < -0.3 is 10.1 Å². The number of rotatable bonds is 4. The molecule has 0 saturated heterocycles. The topological polar surface area (TPSA) is 64.9 Å². The van der Waals surface area contributed by atoms with Gasteiger partial charge in [0.1, 0.15) is 0 Å². The van der Waals surface area contributed by atoms with Crippen molar-refractivity contribution in [1.82, 2.24) is 19.7 Å². The quantitative estimate of drug-likeness (QED) is 0.898. The molecule has 18 heavy (non-hydrogen) atoms. The molecule has 2 aromatic heterocycles. The van der Waals surface area contributed by atoms with Crippen molar-refractivity contribution in [2.75, 3.05) is 12.4 Å². The molecule has 0 unspecified atom stereocenters. The summed E-state index contributed by atoms with van der Waals surface area (Å²) < 4.78 is 6.98. The van der Waals surface area contributed by atoms with Gasteiger partial charge in [-0.2, -0.15) is 10.1 Å². The molecule has 0 aromatic carbocycles. The zero-order valence-electron chi connectivity index (χ0n) is 11.0. The lowest BCUT2D eigenvalue weighted by molar-refractivity contribution is 0.397. The third-order valence-corrected chi connectivity index (χ3v) is 2.43. The first-order valence-electron chi connectivity index (χ1n) is 5.79. The summed E-state index contributed by atoms with van der Waals surface area (Å²) in [5.74, 6) is 1.05. The molecule has 2 aromatic rings. The minimum absolute atomic E-state index is 0.327. The summed E-state index contributed by atoms with van der Waals surface area (Å²) in [5.41, 5.74) is 1.71. The van der Waals surface area contributed by atoms with Crippen LogP contribution in [0.25, 0.3) is 0 Å². The first-order valence-corrected chi connectivity index (χ1v) is 5.79. The Kier molecular flexibility index (Phi) is 3.45. The second kappa shape index (κ2) is 5.03. The molecule has 2 rings (SSSR count). The van der Waals surface area contributed by atoms with Gasteiger partial charge in [-0.15, -0.1) is 0 Å². The van der Waals surface area contributed by atoms with E-state index in [1.807, 2.05) is 17.8 Å². The SMILES string of the molecule is COc1cc(C)nc(Nc2cnn(C(C)C)c2)n1. The Labute approximate surface area is 106 Å². The molecule has 0 fully saturated rings. The fraction of sp³-hybridized carbons (Fsp3) is 0.417. The lowest BCUT2D eigenvalue weighted by atomic mass is 10.4. The predicted molar refractivity (Wildman–Crippen MR) is 69.2 cm³/mol. The Morgan fingerprint density at radius 1 is 1.33 bits per heavy atom. The molecule has 0 bridgehead atoms. The molecule has 96 valence electrons. The largest absolute Gasteiger partial charge is 0.481 e. The van der Waals surface area contributed by atoms with Crippen molar-refractivity contribution in [3.8, 4) is 5.88 Å². The molecule has 2 heterocycles. The minimum atomic E-state index is 0.327. The zero-order chi connectivity index (χ0) is 13.1. The number of anilines is 2. The van der Waals surface area contributed by atoms with Crippen LogP contribution in [-0.2, 0) is 0 Å². The molecule has 0 saturated carbocycles. The van der Waals surface area contributed by atoms with Crippen molar-refractivity contribution >= 4 is 11.6 Å². The van der Waals surface area contributed by atoms with E-state index in [4.69, 9.17) is 4.74 Å². The molecular weight excluding hydrogens is 230 g/mol. The molecule has 6 nitrogen and oxygen atoms in total. The Bertz CT molecular complexity index is 535. The van der Waals surface area contributed by atoms with Crippen LogP contribution in [0, 0.1) is 6.92 Å². The van der Waals surface area contributed by atoms with Crippen LogP contribution in [0.2, 0.25) is 0 Å². The normalized spacial score (nSPS) is 10.7. The number of hydrogen-bond acceptors (Lipinski definition) is 5. The second-order valence-electron chi connectivity index (χ2n) is 4.30. The van der Waals surface area contributed by atoms with Crippen LogP contribution in [0.3, 0.4) is 0 Å². The average molecular weight is 247 g/mol. The lowest BCUT2D eigenvalue weighted by Gasteiger charge is -2.06. The van der Waals surface area contributed by atoms with Gasteiger partial charge in [0.25, 0.3) is 0 Å². The van der Waals surface area contributed by atoms with Crippen LogP contribution < -0.4 is 10.1 Å². The van der Waals surface area contributed by atoms with Crippen molar-refractivity contribution in [2.24, 2.45) is 0 Å². The number of aromatic nitrogens is 4. The average Bonchev–Trinajstić information content (AvgIpc) is 2.76. The molecule has 0 aliphatic heterocycles. The minimum Gasteiger partial charge on any atom is -0.481 e. The van der Waals surface area contributed by atoms with Gasteiger partial charge in [0, 0.05) is 24.0 Å². The number of ether oxygens (including phenoxy) is 1. The molecule has 6 heteroatoms. The number of nitrogens with zero attached hydrogens (tertiary/aromatic N) is 4. The maximum Gasteiger partial charge on any atom is 0.230 e. The highest BCUT2D eigenvalue weighted by Crippen LogP contribution is 2.17. The monoisotopic (exact) mass is 247 g/mol. The molecule has 0 aliphatic carbocycles. The summed E-state index contributed by atoms with van der Waals surface area (Å²) >= 11 is 0. The first-order chi connectivity index (χ1) is 8.58. The van der Waals surface area contributed by atoms with Gasteiger partial charge in [0.15, 0.2) is 0 Å². The molecular formula is C12H17N5O. The van der Waals surface area contributed by atoms with Gasteiger partial charge in [-0.1, -0.05) is 0 Å². The summed E-state index contributed by atoms with van der Waals surface area (Å²) in [6.45, 7) is 6.04.